The molecule has 0 fully saturated rings. The Morgan fingerprint density at radius 2 is 1.59 bits per heavy atom. The van der Waals surface area contributed by atoms with E-state index in [0.717, 1.165) is 33.6 Å². The summed E-state index contributed by atoms with van der Waals surface area (Å²) in [4.78, 5) is 0.307. The van der Waals surface area contributed by atoms with Crippen LogP contribution in [-0.4, -0.2) is 31.3 Å². The van der Waals surface area contributed by atoms with Crippen LogP contribution in [0.4, 0.5) is 5.69 Å². The molecule has 4 rings (SSSR count). The smallest absolute Gasteiger partial charge is 0.175 e. The van der Waals surface area contributed by atoms with E-state index >= 15 is 0 Å². The van der Waals surface area contributed by atoms with Gasteiger partial charge in [0.1, 0.15) is 5.69 Å². The Hall–Kier alpha value is -3.12. The number of nitrogens with one attached hydrogen (secondary N) is 1. The summed E-state index contributed by atoms with van der Waals surface area (Å²) in [7, 11) is -1.36. The molecule has 27 heavy (non-hydrogen) atoms. The third kappa shape index (κ3) is 3.19. The van der Waals surface area contributed by atoms with Gasteiger partial charge in [-0.05, 0) is 29.8 Å². The van der Waals surface area contributed by atoms with E-state index in [1.807, 2.05) is 72.4 Å². The maximum Gasteiger partial charge on any atom is 0.175 e. The Labute approximate surface area is 158 Å². The fourth-order valence-corrected chi connectivity index (χ4v) is 3.78. The van der Waals surface area contributed by atoms with E-state index in [2.05, 4.69) is 5.32 Å². The number of hydrogen-bond donors (Lipinski definition) is 1. The Morgan fingerprint density at radius 3 is 2.22 bits per heavy atom. The molecule has 0 amide bonds. The highest BCUT2D eigenvalue weighted by molar-refractivity contribution is 7.90. The molecule has 0 spiro atoms. The lowest BCUT2D eigenvalue weighted by Gasteiger charge is -2.06. The molecule has 0 saturated carbocycles. The van der Waals surface area contributed by atoms with Crippen LogP contribution in [0.25, 0.3) is 27.9 Å². The molecule has 4 aromatic rings. The second kappa shape index (κ2) is 6.55. The quantitative estimate of drug-likeness (QED) is 0.581. The first-order valence-corrected chi connectivity index (χ1v) is 10.4. The zero-order chi connectivity index (χ0) is 19.0. The van der Waals surface area contributed by atoms with Crippen LogP contribution < -0.4 is 5.32 Å². The SMILES string of the molecule is CNc1ccc2c(-c3ccc(S(C)(=O)=O)cc3)c(-c3ccccc3)nn2c1. The van der Waals surface area contributed by atoms with Crippen molar-refractivity contribution in [3.05, 3.63) is 72.9 Å². The van der Waals surface area contributed by atoms with Crippen LogP contribution in [0.5, 0.6) is 0 Å². The van der Waals surface area contributed by atoms with Crippen LogP contribution in [0, 0.1) is 0 Å². The maximum absolute atomic E-state index is 11.8. The fraction of sp³-hybridized carbons (Fsp3) is 0.0952. The fourth-order valence-electron chi connectivity index (χ4n) is 3.15. The van der Waals surface area contributed by atoms with Gasteiger partial charge in [-0.2, -0.15) is 5.10 Å². The van der Waals surface area contributed by atoms with Gasteiger partial charge < -0.3 is 5.32 Å². The second-order valence-corrected chi connectivity index (χ2v) is 8.40. The van der Waals surface area contributed by atoms with E-state index in [1.165, 1.54) is 6.26 Å². The highest BCUT2D eigenvalue weighted by atomic mass is 32.2. The summed E-state index contributed by atoms with van der Waals surface area (Å²) >= 11 is 0. The normalized spacial score (nSPS) is 11.6. The van der Waals surface area contributed by atoms with Gasteiger partial charge in [-0.3, -0.25) is 0 Å². The van der Waals surface area contributed by atoms with Crippen molar-refractivity contribution < 1.29 is 8.42 Å². The molecule has 0 aliphatic carbocycles. The van der Waals surface area contributed by atoms with Gasteiger partial charge >= 0.3 is 0 Å². The van der Waals surface area contributed by atoms with E-state index in [1.54, 1.807) is 12.1 Å². The van der Waals surface area contributed by atoms with Gasteiger partial charge in [0.15, 0.2) is 9.84 Å². The molecular weight excluding hydrogens is 358 g/mol. The zero-order valence-electron chi connectivity index (χ0n) is 15.0. The molecule has 0 aliphatic heterocycles. The number of rotatable bonds is 4. The number of fused-ring (bicyclic) bond motifs is 1. The number of anilines is 1. The van der Waals surface area contributed by atoms with E-state index < -0.39 is 9.84 Å². The molecule has 0 saturated heterocycles. The first-order valence-electron chi connectivity index (χ1n) is 8.53. The molecule has 0 radical (unpaired) electrons. The van der Waals surface area contributed by atoms with E-state index in [0.29, 0.717) is 4.90 Å². The molecule has 0 unspecified atom stereocenters. The predicted molar refractivity (Wildman–Crippen MR) is 109 cm³/mol. The average molecular weight is 377 g/mol. The van der Waals surface area contributed by atoms with Crippen LogP contribution in [-0.2, 0) is 9.84 Å². The van der Waals surface area contributed by atoms with Crippen LogP contribution in [0.15, 0.2) is 77.8 Å². The highest BCUT2D eigenvalue weighted by Gasteiger charge is 2.17. The molecule has 6 heteroatoms. The van der Waals surface area contributed by atoms with Crippen molar-refractivity contribution in [1.82, 2.24) is 9.61 Å². The molecule has 136 valence electrons. The van der Waals surface area contributed by atoms with E-state index in [-0.39, 0.29) is 0 Å². The van der Waals surface area contributed by atoms with Crippen LogP contribution in [0.3, 0.4) is 0 Å². The first kappa shape index (κ1) is 17.3. The van der Waals surface area contributed by atoms with Crippen molar-refractivity contribution in [3.8, 4) is 22.4 Å². The number of hydrogen-bond acceptors (Lipinski definition) is 4. The van der Waals surface area contributed by atoms with Crippen molar-refractivity contribution in [2.75, 3.05) is 18.6 Å². The molecule has 2 aromatic heterocycles. The Bertz CT molecular complexity index is 1210. The lowest BCUT2D eigenvalue weighted by atomic mass is 10.00. The molecule has 1 N–H and O–H groups in total. The Balaban J connectivity index is 1.97. The monoisotopic (exact) mass is 377 g/mol. The standard InChI is InChI=1S/C21H19N3O2S/c1-22-17-10-13-19-20(15-8-11-18(12-9-15)27(2,25)26)21(23-24(19)14-17)16-6-4-3-5-7-16/h3-14,22H,1-2H3. The van der Waals surface area contributed by atoms with Gasteiger partial charge in [0, 0.05) is 24.4 Å². The van der Waals surface area contributed by atoms with Crippen molar-refractivity contribution in [1.29, 1.82) is 0 Å². The molecular formula is C21H19N3O2S. The van der Waals surface area contributed by atoms with Crippen LogP contribution >= 0.6 is 0 Å². The summed E-state index contributed by atoms with van der Waals surface area (Å²) in [5.41, 5.74) is 5.69. The van der Waals surface area contributed by atoms with E-state index in [9.17, 15) is 8.42 Å². The lowest BCUT2D eigenvalue weighted by Crippen LogP contribution is -1.96. The lowest BCUT2D eigenvalue weighted by molar-refractivity contribution is 0.602. The van der Waals surface area contributed by atoms with Crippen LogP contribution in [0.2, 0.25) is 0 Å². The second-order valence-electron chi connectivity index (χ2n) is 6.38. The topological polar surface area (TPSA) is 63.5 Å². The van der Waals surface area contributed by atoms with Gasteiger partial charge in [-0.1, -0.05) is 42.5 Å². The zero-order valence-corrected chi connectivity index (χ0v) is 15.9. The maximum atomic E-state index is 11.8. The number of benzene rings is 2. The summed E-state index contributed by atoms with van der Waals surface area (Å²) < 4.78 is 25.4. The third-order valence-electron chi connectivity index (χ3n) is 4.54. The summed E-state index contributed by atoms with van der Waals surface area (Å²) in [6.45, 7) is 0. The minimum Gasteiger partial charge on any atom is -0.387 e. The largest absolute Gasteiger partial charge is 0.387 e. The summed E-state index contributed by atoms with van der Waals surface area (Å²) in [6, 6.07) is 21.0. The third-order valence-corrected chi connectivity index (χ3v) is 5.67. The van der Waals surface area contributed by atoms with Crippen molar-refractivity contribution in [2.45, 2.75) is 4.90 Å². The van der Waals surface area contributed by atoms with Gasteiger partial charge in [-0.15, -0.1) is 0 Å². The minimum atomic E-state index is -3.23. The number of sulfone groups is 1. The molecule has 2 heterocycles. The Kier molecular flexibility index (Phi) is 4.20. The number of pyridine rings is 1. The summed E-state index contributed by atoms with van der Waals surface area (Å²) in [5, 5.41) is 7.92. The number of aromatic nitrogens is 2. The molecule has 0 atom stereocenters. The molecule has 0 bridgehead atoms. The average Bonchev–Trinajstić information content (AvgIpc) is 3.06. The van der Waals surface area contributed by atoms with Gasteiger partial charge in [0.2, 0.25) is 0 Å². The summed E-state index contributed by atoms with van der Waals surface area (Å²) in [5.74, 6) is 0. The number of nitrogens with zero attached hydrogens (tertiary/aromatic N) is 2. The molecule has 0 aliphatic rings. The molecule has 2 aromatic carbocycles. The minimum absolute atomic E-state index is 0.307. The van der Waals surface area contributed by atoms with Crippen molar-refractivity contribution >= 4 is 21.0 Å². The van der Waals surface area contributed by atoms with Crippen molar-refractivity contribution in [2.24, 2.45) is 0 Å². The van der Waals surface area contributed by atoms with Crippen LogP contribution in [0.1, 0.15) is 0 Å². The Morgan fingerprint density at radius 1 is 0.889 bits per heavy atom. The van der Waals surface area contributed by atoms with Gasteiger partial charge in [-0.25, -0.2) is 12.9 Å². The highest BCUT2D eigenvalue weighted by Crippen LogP contribution is 2.36. The predicted octanol–water partition coefficient (Wildman–Crippen LogP) is 4.11. The first-order chi connectivity index (χ1) is 13.0. The van der Waals surface area contributed by atoms with Crippen molar-refractivity contribution in [3.63, 3.8) is 0 Å². The van der Waals surface area contributed by atoms with E-state index in [4.69, 9.17) is 5.10 Å². The van der Waals surface area contributed by atoms with Gasteiger partial charge in [0.25, 0.3) is 0 Å². The van der Waals surface area contributed by atoms with Gasteiger partial charge in [0.05, 0.1) is 22.3 Å². The molecule has 5 nitrogen and oxygen atoms in total. The summed E-state index contributed by atoms with van der Waals surface area (Å²) in [6.07, 6.45) is 3.15.